The Morgan fingerprint density at radius 1 is 1.03 bits per heavy atom. The first-order valence-corrected chi connectivity index (χ1v) is 12.9. The Balaban J connectivity index is 1.61. The van der Waals surface area contributed by atoms with Crippen molar-refractivity contribution in [3.05, 3.63) is 99.0 Å². The van der Waals surface area contributed by atoms with Crippen molar-refractivity contribution in [2.45, 2.75) is 44.6 Å². The fourth-order valence-corrected chi connectivity index (χ4v) is 6.04. The van der Waals surface area contributed by atoms with Crippen LogP contribution in [-0.2, 0) is 18.7 Å². The maximum Gasteiger partial charge on any atom is 0.272 e. The summed E-state index contributed by atoms with van der Waals surface area (Å²) in [5, 5.41) is 1.69. The largest absolute Gasteiger partial charge is 0.282 e. The molecule has 166 valence electrons. The Labute approximate surface area is 201 Å². The highest BCUT2D eigenvalue weighted by molar-refractivity contribution is 7.98. The van der Waals surface area contributed by atoms with E-state index in [1.54, 1.807) is 18.0 Å². The maximum atomic E-state index is 13.7. The van der Waals surface area contributed by atoms with Gasteiger partial charge in [-0.05, 0) is 54.7 Å². The average molecular weight is 472 g/mol. The molecule has 0 aliphatic rings. The van der Waals surface area contributed by atoms with E-state index < -0.39 is 0 Å². The summed E-state index contributed by atoms with van der Waals surface area (Å²) in [6, 6.07) is 18.9. The van der Waals surface area contributed by atoms with E-state index in [2.05, 4.69) is 68.2 Å². The number of hydrogen-bond acceptors (Lipinski definition) is 5. The summed E-state index contributed by atoms with van der Waals surface area (Å²) in [6.07, 6.45) is 2.77. The molecule has 3 aromatic heterocycles. The lowest BCUT2D eigenvalue weighted by atomic mass is 10.1. The first-order valence-electron chi connectivity index (χ1n) is 11.1. The second kappa shape index (κ2) is 9.12. The van der Waals surface area contributed by atoms with Crippen LogP contribution < -0.4 is 5.56 Å². The minimum Gasteiger partial charge on any atom is -0.282 e. The minimum atomic E-state index is 0.00559. The molecule has 5 rings (SSSR count). The molecule has 0 bridgehead atoms. The number of aryl methyl sites for hydroxylation is 3. The number of rotatable bonds is 6. The monoisotopic (exact) mass is 471 g/mol. The molecule has 2 aromatic carbocycles. The number of fused-ring (bicyclic) bond motifs is 3. The zero-order valence-corrected chi connectivity index (χ0v) is 20.6. The van der Waals surface area contributed by atoms with E-state index >= 15 is 0 Å². The summed E-state index contributed by atoms with van der Waals surface area (Å²) >= 11 is 3.06. The molecular weight excluding hydrogens is 446 g/mol. The zero-order chi connectivity index (χ0) is 22.9. The van der Waals surface area contributed by atoms with E-state index in [4.69, 9.17) is 4.98 Å². The van der Waals surface area contributed by atoms with Crippen molar-refractivity contribution in [1.82, 2.24) is 14.5 Å². The van der Waals surface area contributed by atoms with Gasteiger partial charge in [0.05, 0.1) is 12.1 Å². The summed E-state index contributed by atoms with van der Waals surface area (Å²) in [7, 11) is 0. The van der Waals surface area contributed by atoms with Crippen LogP contribution in [0.25, 0.3) is 20.4 Å². The molecule has 0 aliphatic carbocycles. The molecule has 0 N–H and O–H groups in total. The lowest BCUT2D eigenvalue weighted by molar-refractivity contribution is 0.659. The van der Waals surface area contributed by atoms with Gasteiger partial charge in [-0.1, -0.05) is 66.7 Å². The Hall–Kier alpha value is -2.96. The molecular formula is C27H25N3OS2. The zero-order valence-electron chi connectivity index (χ0n) is 19.0. The third kappa shape index (κ3) is 4.33. The normalized spacial score (nSPS) is 11.5. The molecule has 0 unspecified atom stereocenters. The summed E-state index contributed by atoms with van der Waals surface area (Å²) in [5.41, 5.74) is 6.92. The molecule has 0 saturated heterocycles. The van der Waals surface area contributed by atoms with Gasteiger partial charge in [0.2, 0.25) is 0 Å². The standard InChI is InChI=1S/C27H25N3OS2/c1-4-19-9-11-20(12-10-19)15-30-26(31)24-23(22-6-5-13-28-25(22)33-24)29-27(30)32-16-21-14-17(2)7-8-18(21)3/h5-14H,4,15-16H2,1-3H3. The highest BCUT2D eigenvalue weighted by atomic mass is 32.2. The second-order valence-corrected chi connectivity index (χ2v) is 10.3. The fourth-order valence-electron chi connectivity index (χ4n) is 3.95. The van der Waals surface area contributed by atoms with Crippen molar-refractivity contribution in [3.8, 4) is 0 Å². The molecule has 0 aliphatic heterocycles. The van der Waals surface area contributed by atoms with E-state index in [0.717, 1.165) is 38.6 Å². The van der Waals surface area contributed by atoms with Gasteiger partial charge in [0.15, 0.2) is 5.16 Å². The third-order valence-electron chi connectivity index (χ3n) is 5.95. The van der Waals surface area contributed by atoms with Crippen LogP contribution in [0.4, 0.5) is 0 Å². The molecule has 0 fully saturated rings. The molecule has 0 atom stereocenters. The van der Waals surface area contributed by atoms with Gasteiger partial charge in [-0.2, -0.15) is 0 Å². The number of thioether (sulfide) groups is 1. The van der Waals surface area contributed by atoms with Crippen LogP contribution in [0, 0.1) is 13.8 Å². The van der Waals surface area contributed by atoms with E-state index in [1.807, 2.05) is 16.7 Å². The van der Waals surface area contributed by atoms with Crippen molar-refractivity contribution < 1.29 is 0 Å². The van der Waals surface area contributed by atoms with Gasteiger partial charge in [-0.15, -0.1) is 11.3 Å². The van der Waals surface area contributed by atoms with E-state index in [-0.39, 0.29) is 5.56 Å². The Morgan fingerprint density at radius 2 is 1.82 bits per heavy atom. The van der Waals surface area contributed by atoms with Gasteiger partial charge in [0, 0.05) is 17.3 Å². The lowest BCUT2D eigenvalue weighted by Crippen LogP contribution is -2.23. The van der Waals surface area contributed by atoms with Crippen LogP contribution in [0.3, 0.4) is 0 Å². The van der Waals surface area contributed by atoms with Crippen LogP contribution in [0.2, 0.25) is 0 Å². The number of pyridine rings is 1. The van der Waals surface area contributed by atoms with E-state index in [9.17, 15) is 4.79 Å². The topological polar surface area (TPSA) is 47.8 Å². The van der Waals surface area contributed by atoms with Gasteiger partial charge < -0.3 is 0 Å². The number of aromatic nitrogens is 3. The van der Waals surface area contributed by atoms with Crippen LogP contribution in [0.15, 0.2) is 70.7 Å². The predicted octanol–water partition coefficient (Wildman–Crippen LogP) is 6.53. The quantitative estimate of drug-likeness (QED) is 0.209. The number of benzene rings is 2. The number of nitrogens with zero attached hydrogens (tertiary/aromatic N) is 3. The Kier molecular flexibility index (Phi) is 6.04. The van der Waals surface area contributed by atoms with Gasteiger partial charge in [-0.25, -0.2) is 9.97 Å². The van der Waals surface area contributed by atoms with Gasteiger partial charge in [-0.3, -0.25) is 9.36 Å². The molecule has 0 saturated carbocycles. The number of hydrogen-bond donors (Lipinski definition) is 0. The first kappa shape index (κ1) is 21.9. The van der Waals surface area contributed by atoms with Crippen LogP contribution >= 0.6 is 23.1 Å². The first-order chi connectivity index (χ1) is 16.0. The van der Waals surface area contributed by atoms with Crippen LogP contribution in [0.5, 0.6) is 0 Å². The molecule has 4 nitrogen and oxygen atoms in total. The van der Waals surface area contributed by atoms with E-state index in [1.165, 1.54) is 33.6 Å². The van der Waals surface area contributed by atoms with Crippen LogP contribution in [-0.4, -0.2) is 14.5 Å². The SMILES string of the molecule is CCc1ccc(Cn2c(SCc3cc(C)ccc3C)nc3c(sc4ncccc43)c2=O)cc1. The highest BCUT2D eigenvalue weighted by Crippen LogP contribution is 2.32. The molecule has 0 amide bonds. The summed E-state index contributed by atoms with van der Waals surface area (Å²) < 4.78 is 2.50. The maximum absolute atomic E-state index is 13.7. The second-order valence-electron chi connectivity index (χ2n) is 8.31. The van der Waals surface area contributed by atoms with Crippen molar-refractivity contribution in [3.63, 3.8) is 0 Å². The molecule has 5 aromatic rings. The molecule has 33 heavy (non-hydrogen) atoms. The number of thiophene rings is 1. The average Bonchev–Trinajstić information content (AvgIpc) is 3.21. The molecule has 6 heteroatoms. The summed E-state index contributed by atoms with van der Waals surface area (Å²) in [4.78, 5) is 24.0. The van der Waals surface area contributed by atoms with Crippen molar-refractivity contribution in [1.29, 1.82) is 0 Å². The molecule has 0 spiro atoms. The lowest BCUT2D eigenvalue weighted by Gasteiger charge is -2.13. The minimum absolute atomic E-state index is 0.00559. The fraction of sp³-hybridized carbons (Fsp3) is 0.222. The Morgan fingerprint density at radius 3 is 2.61 bits per heavy atom. The van der Waals surface area contributed by atoms with E-state index in [0.29, 0.717) is 11.2 Å². The molecule has 3 heterocycles. The highest BCUT2D eigenvalue weighted by Gasteiger charge is 2.17. The predicted molar refractivity (Wildman–Crippen MR) is 140 cm³/mol. The van der Waals surface area contributed by atoms with Gasteiger partial charge in [0.1, 0.15) is 9.53 Å². The Bertz CT molecular complexity index is 1520. The van der Waals surface area contributed by atoms with Crippen molar-refractivity contribution >= 4 is 43.5 Å². The third-order valence-corrected chi connectivity index (χ3v) is 8.07. The molecule has 0 radical (unpaired) electrons. The smallest absolute Gasteiger partial charge is 0.272 e. The van der Waals surface area contributed by atoms with Crippen molar-refractivity contribution in [2.24, 2.45) is 0 Å². The summed E-state index contributed by atoms with van der Waals surface area (Å²) in [6.45, 7) is 6.89. The van der Waals surface area contributed by atoms with Crippen molar-refractivity contribution in [2.75, 3.05) is 0 Å². The van der Waals surface area contributed by atoms with Gasteiger partial charge in [0.25, 0.3) is 5.56 Å². The summed E-state index contributed by atoms with van der Waals surface area (Å²) in [5.74, 6) is 0.764. The van der Waals surface area contributed by atoms with Crippen LogP contribution in [0.1, 0.15) is 34.7 Å². The van der Waals surface area contributed by atoms with Gasteiger partial charge >= 0.3 is 0 Å².